The Labute approximate surface area is 205 Å². The maximum Gasteiger partial charge on any atom is 0.252 e. The lowest BCUT2D eigenvalue weighted by atomic mass is 9.91. The van der Waals surface area contributed by atoms with Crippen molar-refractivity contribution in [1.82, 2.24) is 16.0 Å². The Morgan fingerprint density at radius 3 is 2.29 bits per heavy atom. The highest BCUT2D eigenvalue weighted by Gasteiger charge is 2.26. The number of hydrogen-bond acceptors (Lipinski definition) is 4. The maximum atomic E-state index is 14.9. The number of nitrogens with one attached hydrogen (secondary N) is 3. The summed E-state index contributed by atoms with van der Waals surface area (Å²) >= 11 is 0. The van der Waals surface area contributed by atoms with E-state index in [1.807, 2.05) is 20.8 Å². The number of halogens is 1. The number of amides is 3. The van der Waals surface area contributed by atoms with Crippen molar-refractivity contribution in [2.24, 2.45) is 5.41 Å². The van der Waals surface area contributed by atoms with Gasteiger partial charge >= 0.3 is 0 Å². The Morgan fingerprint density at radius 1 is 1.00 bits per heavy atom. The number of hydrogen-bond donors (Lipinski definition) is 4. The van der Waals surface area contributed by atoms with E-state index < -0.39 is 17.8 Å². The Hall–Kier alpha value is -3.26. The van der Waals surface area contributed by atoms with Crippen molar-refractivity contribution in [3.05, 3.63) is 58.4 Å². The molecule has 0 heterocycles. The normalized spacial score (nSPS) is 14.3. The van der Waals surface area contributed by atoms with Gasteiger partial charge in [0.25, 0.3) is 17.7 Å². The maximum absolute atomic E-state index is 14.9. The fourth-order valence-corrected chi connectivity index (χ4v) is 3.48. The first kappa shape index (κ1) is 26.3. The van der Waals surface area contributed by atoms with Gasteiger partial charge in [-0.25, -0.2) is 4.39 Å². The Morgan fingerprint density at radius 2 is 1.69 bits per heavy atom. The van der Waals surface area contributed by atoms with Gasteiger partial charge < -0.3 is 21.1 Å². The van der Waals surface area contributed by atoms with E-state index in [1.165, 1.54) is 12.1 Å². The lowest BCUT2D eigenvalue weighted by Crippen LogP contribution is -2.33. The van der Waals surface area contributed by atoms with Crippen molar-refractivity contribution in [3.63, 3.8) is 0 Å². The standard InChI is InChI=1S/C27H34FN3O4/c1-15(32)13-29-26(35)22-10-17(24(33)30-14-27(3,4)5)6-9-20(22)21-11-18(12-23(28)16(21)2)25(34)31-19-7-8-19/h6,9-12,15,19,32H,7-8,13-14H2,1-5H3,(H,29,35)(H,30,33)(H,31,34)/t15-/m0/s1. The largest absolute Gasteiger partial charge is 0.392 e. The van der Waals surface area contributed by atoms with Crippen LogP contribution in [0.25, 0.3) is 11.1 Å². The van der Waals surface area contributed by atoms with Crippen molar-refractivity contribution < 1.29 is 23.9 Å². The van der Waals surface area contributed by atoms with Crippen molar-refractivity contribution in [3.8, 4) is 11.1 Å². The van der Waals surface area contributed by atoms with Gasteiger partial charge in [-0.1, -0.05) is 26.8 Å². The molecule has 0 aromatic heterocycles. The van der Waals surface area contributed by atoms with Crippen LogP contribution in [0.4, 0.5) is 4.39 Å². The molecule has 0 aliphatic heterocycles. The summed E-state index contributed by atoms with van der Waals surface area (Å²) in [5.74, 6) is -1.78. The highest BCUT2D eigenvalue weighted by molar-refractivity contribution is 6.05. The van der Waals surface area contributed by atoms with Gasteiger partial charge in [0, 0.05) is 35.8 Å². The zero-order valence-corrected chi connectivity index (χ0v) is 20.9. The molecule has 188 valence electrons. The molecule has 1 aliphatic carbocycles. The van der Waals surface area contributed by atoms with E-state index in [0.29, 0.717) is 17.7 Å². The number of carbonyl (C=O) groups excluding carboxylic acids is 3. The second-order valence-electron chi connectivity index (χ2n) is 10.4. The third-order valence-electron chi connectivity index (χ3n) is 5.67. The summed E-state index contributed by atoms with van der Waals surface area (Å²) in [6.45, 7) is 9.56. The fourth-order valence-electron chi connectivity index (χ4n) is 3.48. The molecule has 35 heavy (non-hydrogen) atoms. The number of rotatable bonds is 8. The second-order valence-corrected chi connectivity index (χ2v) is 10.4. The Balaban J connectivity index is 2.04. The molecule has 3 amide bonds. The topological polar surface area (TPSA) is 108 Å². The summed E-state index contributed by atoms with van der Waals surface area (Å²) < 4.78 is 14.9. The monoisotopic (exact) mass is 483 g/mol. The van der Waals surface area contributed by atoms with Crippen LogP contribution in [0.2, 0.25) is 0 Å². The predicted octanol–water partition coefficient (Wildman–Crippen LogP) is 3.58. The first-order valence-electron chi connectivity index (χ1n) is 11.9. The molecule has 7 nitrogen and oxygen atoms in total. The molecular formula is C27H34FN3O4. The molecule has 0 unspecified atom stereocenters. The average molecular weight is 484 g/mol. The zero-order chi connectivity index (χ0) is 25.9. The second kappa shape index (κ2) is 10.6. The number of carbonyl (C=O) groups is 3. The van der Waals surface area contributed by atoms with Crippen LogP contribution in [0.1, 0.15) is 77.2 Å². The van der Waals surface area contributed by atoms with Crippen LogP contribution in [0.5, 0.6) is 0 Å². The van der Waals surface area contributed by atoms with E-state index in [1.54, 1.807) is 32.0 Å². The lowest BCUT2D eigenvalue weighted by molar-refractivity contribution is 0.0922. The van der Waals surface area contributed by atoms with Gasteiger partial charge in [-0.2, -0.15) is 0 Å². The van der Waals surface area contributed by atoms with E-state index in [-0.39, 0.29) is 52.1 Å². The summed E-state index contributed by atoms with van der Waals surface area (Å²) in [5.41, 5.74) is 1.52. The van der Waals surface area contributed by atoms with Crippen molar-refractivity contribution >= 4 is 17.7 Å². The molecule has 1 atom stereocenters. The first-order valence-corrected chi connectivity index (χ1v) is 11.9. The SMILES string of the molecule is Cc1c(F)cc(C(=O)NC2CC2)cc1-c1ccc(C(=O)NCC(C)(C)C)cc1C(=O)NC[C@H](C)O. The van der Waals surface area contributed by atoms with Gasteiger partial charge in [0.05, 0.1) is 6.10 Å². The molecule has 8 heteroatoms. The summed E-state index contributed by atoms with van der Waals surface area (Å²) in [7, 11) is 0. The Bertz CT molecular complexity index is 1130. The van der Waals surface area contributed by atoms with E-state index in [9.17, 15) is 23.9 Å². The van der Waals surface area contributed by atoms with Crippen molar-refractivity contribution in [2.45, 2.75) is 59.6 Å². The van der Waals surface area contributed by atoms with Gasteiger partial charge in [0.15, 0.2) is 0 Å². The molecule has 0 saturated heterocycles. The van der Waals surface area contributed by atoms with Crippen LogP contribution in [-0.4, -0.2) is 48.1 Å². The third kappa shape index (κ3) is 7.11. The quantitative estimate of drug-likeness (QED) is 0.460. The molecular weight excluding hydrogens is 449 g/mol. The molecule has 1 fully saturated rings. The highest BCUT2D eigenvalue weighted by Crippen LogP contribution is 2.31. The van der Waals surface area contributed by atoms with E-state index >= 15 is 0 Å². The smallest absolute Gasteiger partial charge is 0.252 e. The lowest BCUT2D eigenvalue weighted by Gasteiger charge is -2.19. The van der Waals surface area contributed by atoms with Gasteiger partial charge in [0.2, 0.25) is 0 Å². The van der Waals surface area contributed by atoms with Crippen LogP contribution >= 0.6 is 0 Å². The molecule has 1 saturated carbocycles. The van der Waals surface area contributed by atoms with Gasteiger partial charge in [-0.05, 0) is 73.1 Å². The highest BCUT2D eigenvalue weighted by atomic mass is 19.1. The van der Waals surface area contributed by atoms with Crippen molar-refractivity contribution in [2.75, 3.05) is 13.1 Å². The van der Waals surface area contributed by atoms with E-state index in [0.717, 1.165) is 12.8 Å². The van der Waals surface area contributed by atoms with Gasteiger partial charge in [-0.15, -0.1) is 0 Å². The molecule has 1 aliphatic rings. The molecule has 3 rings (SSSR count). The fraction of sp³-hybridized carbons (Fsp3) is 0.444. The van der Waals surface area contributed by atoms with Crippen LogP contribution in [-0.2, 0) is 0 Å². The average Bonchev–Trinajstić information content (AvgIpc) is 3.60. The molecule has 0 spiro atoms. The molecule has 2 aromatic carbocycles. The zero-order valence-electron chi connectivity index (χ0n) is 20.9. The van der Waals surface area contributed by atoms with Gasteiger partial charge in [-0.3, -0.25) is 14.4 Å². The van der Waals surface area contributed by atoms with E-state index in [4.69, 9.17) is 0 Å². The molecule has 2 aromatic rings. The molecule has 0 radical (unpaired) electrons. The van der Waals surface area contributed by atoms with Crippen LogP contribution in [0.3, 0.4) is 0 Å². The summed E-state index contributed by atoms with van der Waals surface area (Å²) in [5, 5.41) is 18.0. The first-order chi connectivity index (χ1) is 16.4. The van der Waals surface area contributed by atoms with Crippen LogP contribution in [0, 0.1) is 18.2 Å². The minimum Gasteiger partial charge on any atom is -0.392 e. The Kier molecular flexibility index (Phi) is 7.95. The van der Waals surface area contributed by atoms with Crippen LogP contribution < -0.4 is 16.0 Å². The number of benzene rings is 2. The van der Waals surface area contributed by atoms with Crippen molar-refractivity contribution in [1.29, 1.82) is 0 Å². The molecule has 4 N–H and O–H groups in total. The summed E-state index contributed by atoms with van der Waals surface area (Å²) in [6, 6.07) is 7.50. The minimum atomic E-state index is -0.769. The third-order valence-corrected chi connectivity index (χ3v) is 5.67. The van der Waals surface area contributed by atoms with Crippen LogP contribution in [0.15, 0.2) is 30.3 Å². The summed E-state index contributed by atoms with van der Waals surface area (Å²) in [4.78, 5) is 38.4. The van der Waals surface area contributed by atoms with Gasteiger partial charge in [0.1, 0.15) is 5.82 Å². The summed E-state index contributed by atoms with van der Waals surface area (Å²) in [6.07, 6.45) is 1.03. The predicted molar refractivity (Wildman–Crippen MR) is 133 cm³/mol. The number of aliphatic hydroxyl groups excluding tert-OH is 1. The van der Waals surface area contributed by atoms with E-state index in [2.05, 4.69) is 16.0 Å². The minimum absolute atomic E-state index is 0.00982. The number of aliphatic hydroxyl groups is 1. The molecule has 0 bridgehead atoms.